The first-order valence-corrected chi connectivity index (χ1v) is 6.15. The number of amides is 1. The molecule has 1 heterocycles. The molecule has 4 nitrogen and oxygen atoms in total. The summed E-state index contributed by atoms with van der Waals surface area (Å²) in [7, 11) is 1.71. The molecule has 1 aliphatic rings. The Morgan fingerprint density at radius 1 is 1.62 bits per heavy atom. The molecular weight excluding hydrogens is 204 g/mol. The van der Waals surface area contributed by atoms with E-state index in [2.05, 4.69) is 10.6 Å². The van der Waals surface area contributed by atoms with E-state index in [9.17, 15) is 4.79 Å². The summed E-state index contributed by atoms with van der Waals surface area (Å²) in [6.45, 7) is 6.34. The summed E-state index contributed by atoms with van der Waals surface area (Å²) in [5, 5.41) is 6.46. The quantitative estimate of drug-likeness (QED) is 0.710. The van der Waals surface area contributed by atoms with Crippen LogP contribution in [-0.4, -0.2) is 38.3 Å². The molecule has 1 aliphatic heterocycles. The predicted octanol–water partition coefficient (Wildman–Crippen LogP) is 0.917. The van der Waals surface area contributed by atoms with Crippen molar-refractivity contribution in [1.29, 1.82) is 0 Å². The van der Waals surface area contributed by atoms with Gasteiger partial charge in [0.2, 0.25) is 5.91 Å². The molecule has 4 heteroatoms. The van der Waals surface area contributed by atoms with Gasteiger partial charge < -0.3 is 15.4 Å². The van der Waals surface area contributed by atoms with Crippen LogP contribution < -0.4 is 10.6 Å². The summed E-state index contributed by atoms with van der Waals surface area (Å²) in [5.41, 5.74) is -0.0438. The zero-order valence-corrected chi connectivity index (χ0v) is 10.6. The number of ether oxygens (including phenoxy) is 1. The maximum atomic E-state index is 11.7. The number of carbonyl (C=O) groups is 1. The third-order valence-corrected chi connectivity index (χ3v) is 3.41. The van der Waals surface area contributed by atoms with Crippen LogP contribution in [0, 0.1) is 5.92 Å². The molecule has 0 spiro atoms. The van der Waals surface area contributed by atoms with E-state index in [1.807, 2.05) is 13.8 Å². The lowest BCUT2D eigenvalue weighted by molar-refractivity contribution is -0.125. The Morgan fingerprint density at radius 2 is 2.38 bits per heavy atom. The largest absolute Gasteiger partial charge is 0.383 e. The second-order valence-corrected chi connectivity index (χ2v) is 4.77. The van der Waals surface area contributed by atoms with Crippen molar-refractivity contribution in [2.45, 2.75) is 38.6 Å². The molecule has 1 fully saturated rings. The van der Waals surface area contributed by atoms with Crippen molar-refractivity contribution in [2.75, 3.05) is 26.8 Å². The van der Waals surface area contributed by atoms with E-state index in [1.165, 1.54) is 0 Å². The first-order valence-electron chi connectivity index (χ1n) is 6.15. The molecule has 16 heavy (non-hydrogen) atoms. The molecule has 2 N–H and O–H groups in total. The highest BCUT2D eigenvalue weighted by molar-refractivity contribution is 5.78. The summed E-state index contributed by atoms with van der Waals surface area (Å²) in [6.07, 6.45) is 3.11. The highest BCUT2D eigenvalue weighted by atomic mass is 16.5. The van der Waals surface area contributed by atoms with Crippen LogP contribution in [0.1, 0.15) is 33.1 Å². The fraction of sp³-hybridized carbons (Fsp3) is 0.917. The molecule has 1 saturated heterocycles. The zero-order chi connectivity index (χ0) is 12.0. The predicted molar refractivity (Wildman–Crippen MR) is 64.3 cm³/mol. The fourth-order valence-corrected chi connectivity index (χ4v) is 2.09. The molecule has 0 aliphatic carbocycles. The molecule has 2 unspecified atom stereocenters. The van der Waals surface area contributed by atoms with E-state index in [1.54, 1.807) is 7.11 Å². The zero-order valence-electron chi connectivity index (χ0n) is 10.6. The Bertz CT molecular complexity index is 225. The van der Waals surface area contributed by atoms with Gasteiger partial charge in [-0.05, 0) is 25.8 Å². The molecule has 1 amide bonds. The van der Waals surface area contributed by atoms with Crippen LogP contribution in [0.4, 0.5) is 0 Å². The maximum Gasteiger partial charge on any atom is 0.222 e. The van der Waals surface area contributed by atoms with E-state index in [-0.39, 0.29) is 17.4 Å². The molecule has 0 aromatic rings. The fourth-order valence-electron chi connectivity index (χ4n) is 2.09. The van der Waals surface area contributed by atoms with Gasteiger partial charge in [0.05, 0.1) is 12.1 Å². The van der Waals surface area contributed by atoms with Gasteiger partial charge in [0.1, 0.15) is 0 Å². The molecule has 94 valence electrons. The van der Waals surface area contributed by atoms with Crippen LogP contribution in [-0.2, 0) is 9.53 Å². The normalized spacial score (nSPS) is 26.7. The third kappa shape index (κ3) is 3.46. The van der Waals surface area contributed by atoms with Gasteiger partial charge in [0.25, 0.3) is 0 Å². The number of hydrogen-bond donors (Lipinski definition) is 2. The summed E-state index contributed by atoms with van der Waals surface area (Å²) in [5.74, 6) is 0.243. The maximum absolute atomic E-state index is 11.7. The van der Waals surface area contributed by atoms with E-state index in [0.29, 0.717) is 13.2 Å². The Hall–Kier alpha value is -0.610. The van der Waals surface area contributed by atoms with Crippen molar-refractivity contribution in [3.8, 4) is 0 Å². The molecular formula is C12H24N2O2. The second-order valence-electron chi connectivity index (χ2n) is 4.77. The molecule has 2 atom stereocenters. The molecule has 0 saturated carbocycles. The van der Waals surface area contributed by atoms with Gasteiger partial charge in [-0.25, -0.2) is 0 Å². The first kappa shape index (κ1) is 13.5. The Balaban J connectivity index is 2.41. The van der Waals surface area contributed by atoms with Crippen LogP contribution in [0.2, 0.25) is 0 Å². The summed E-state index contributed by atoms with van der Waals surface area (Å²) in [6, 6.07) is 0. The van der Waals surface area contributed by atoms with Crippen molar-refractivity contribution in [3.05, 3.63) is 0 Å². The van der Waals surface area contributed by atoms with E-state index in [0.717, 1.165) is 25.8 Å². The van der Waals surface area contributed by atoms with Crippen LogP contribution >= 0.6 is 0 Å². The molecule has 0 aromatic carbocycles. The highest BCUT2D eigenvalue weighted by Crippen LogP contribution is 2.19. The van der Waals surface area contributed by atoms with Crippen LogP contribution in [0.5, 0.6) is 0 Å². The standard InChI is InChI=1S/C12H24N2O2/c1-4-10(2)11(15)13-8-12(9-16-3)6-5-7-14-12/h10,14H,4-9H2,1-3H3,(H,13,15). The van der Waals surface area contributed by atoms with Gasteiger partial charge in [-0.1, -0.05) is 13.8 Å². The first-order chi connectivity index (χ1) is 7.63. The Kier molecular flexibility index (Phi) is 5.22. The minimum absolute atomic E-state index is 0.0438. The average Bonchev–Trinajstić information content (AvgIpc) is 2.74. The van der Waals surface area contributed by atoms with Crippen molar-refractivity contribution in [2.24, 2.45) is 5.92 Å². The van der Waals surface area contributed by atoms with Crippen molar-refractivity contribution >= 4 is 5.91 Å². The van der Waals surface area contributed by atoms with Crippen LogP contribution in [0.3, 0.4) is 0 Å². The summed E-state index contributed by atoms with van der Waals surface area (Å²) < 4.78 is 5.23. The molecule has 1 rings (SSSR count). The van der Waals surface area contributed by atoms with Gasteiger partial charge in [-0.15, -0.1) is 0 Å². The average molecular weight is 228 g/mol. The van der Waals surface area contributed by atoms with Crippen LogP contribution in [0.25, 0.3) is 0 Å². The molecule has 0 aromatic heterocycles. The highest BCUT2D eigenvalue weighted by Gasteiger charge is 2.33. The van der Waals surface area contributed by atoms with Crippen molar-refractivity contribution in [1.82, 2.24) is 10.6 Å². The number of rotatable bonds is 6. The number of nitrogens with one attached hydrogen (secondary N) is 2. The van der Waals surface area contributed by atoms with Crippen molar-refractivity contribution in [3.63, 3.8) is 0 Å². The smallest absolute Gasteiger partial charge is 0.222 e. The molecule has 0 radical (unpaired) electrons. The van der Waals surface area contributed by atoms with Gasteiger partial charge in [-0.2, -0.15) is 0 Å². The SMILES string of the molecule is CCC(C)C(=O)NCC1(COC)CCCN1. The summed E-state index contributed by atoms with van der Waals surface area (Å²) >= 11 is 0. The van der Waals surface area contributed by atoms with E-state index >= 15 is 0 Å². The van der Waals surface area contributed by atoms with Crippen molar-refractivity contribution < 1.29 is 9.53 Å². The van der Waals surface area contributed by atoms with E-state index < -0.39 is 0 Å². The number of hydrogen-bond acceptors (Lipinski definition) is 3. The van der Waals surface area contributed by atoms with E-state index in [4.69, 9.17) is 4.74 Å². The van der Waals surface area contributed by atoms with Gasteiger partial charge in [0, 0.05) is 19.6 Å². The summed E-state index contributed by atoms with van der Waals surface area (Å²) in [4.78, 5) is 11.7. The number of carbonyl (C=O) groups excluding carboxylic acids is 1. The van der Waals surface area contributed by atoms with Gasteiger partial charge in [-0.3, -0.25) is 4.79 Å². The Labute approximate surface area is 98.1 Å². The number of methoxy groups -OCH3 is 1. The van der Waals surface area contributed by atoms with Gasteiger partial charge >= 0.3 is 0 Å². The third-order valence-electron chi connectivity index (χ3n) is 3.41. The monoisotopic (exact) mass is 228 g/mol. The lowest BCUT2D eigenvalue weighted by Gasteiger charge is -2.29. The molecule has 0 bridgehead atoms. The lowest BCUT2D eigenvalue weighted by Crippen LogP contribution is -2.53. The topological polar surface area (TPSA) is 50.4 Å². The Morgan fingerprint density at radius 3 is 2.88 bits per heavy atom. The van der Waals surface area contributed by atoms with Gasteiger partial charge in [0.15, 0.2) is 0 Å². The minimum Gasteiger partial charge on any atom is -0.383 e. The van der Waals surface area contributed by atoms with Crippen LogP contribution in [0.15, 0.2) is 0 Å². The minimum atomic E-state index is -0.0438. The second kappa shape index (κ2) is 6.21. The lowest BCUT2D eigenvalue weighted by atomic mass is 9.98.